The number of hydrogen-bond acceptors (Lipinski definition) is 2. The molecule has 0 aromatic heterocycles. The number of carbonyl (C=O) groups excluding carboxylic acids is 2. The van der Waals surface area contributed by atoms with E-state index in [-0.39, 0.29) is 22.9 Å². The van der Waals surface area contributed by atoms with Crippen LogP contribution < -0.4 is 11.1 Å². The zero-order valence-electron chi connectivity index (χ0n) is 13.7. The molecule has 126 valence electrons. The fraction of sp³-hybridized carbons (Fsp3) is 0.889. The summed E-state index contributed by atoms with van der Waals surface area (Å²) < 4.78 is 0. The minimum Gasteiger partial charge on any atom is -0.369 e. The fourth-order valence-corrected chi connectivity index (χ4v) is 7.12. The highest BCUT2D eigenvalue weighted by molar-refractivity contribution is 5.82. The van der Waals surface area contributed by atoms with Gasteiger partial charge in [-0.3, -0.25) is 4.79 Å². The number of hydrogen-bond donors (Lipinski definition) is 2. The van der Waals surface area contributed by atoms with Crippen molar-refractivity contribution in [2.75, 3.05) is 6.54 Å². The molecule has 6 fully saturated rings. The highest BCUT2D eigenvalue weighted by Crippen LogP contribution is 2.61. The van der Waals surface area contributed by atoms with Crippen LogP contribution in [-0.2, 0) is 4.79 Å². The van der Waals surface area contributed by atoms with Gasteiger partial charge in [0, 0.05) is 18.0 Å². The molecule has 4 bridgehead atoms. The number of nitrogens with two attached hydrogens (primary N) is 1. The Kier molecular flexibility index (Phi) is 2.71. The standard InChI is InChI=1S/C18H27N3O2/c19-15(22)17-7-11-5-12(8-17)14(13(6-11)9-17)21-10-18(20-16(21)23)3-1-2-4-18/h11-14H,1-10H2,(H2,19,22)(H,20,23). The van der Waals surface area contributed by atoms with E-state index in [1.54, 1.807) is 0 Å². The summed E-state index contributed by atoms with van der Waals surface area (Å²) in [5.41, 5.74) is 5.57. The molecule has 1 aliphatic heterocycles. The summed E-state index contributed by atoms with van der Waals surface area (Å²) in [4.78, 5) is 26.9. The number of urea groups is 1. The molecule has 23 heavy (non-hydrogen) atoms. The normalized spacial score (nSPS) is 46.6. The van der Waals surface area contributed by atoms with Crippen molar-refractivity contribution < 1.29 is 9.59 Å². The minimum absolute atomic E-state index is 0.0487. The molecule has 0 radical (unpaired) electrons. The van der Waals surface area contributed by atoms with Crippen molar-refractivity contribution in [2.45, 2.75) is 69.4 Å². The summed E-state index contributed by atoms with van der Waals surface area (Å²) in [6.45, 7) is 0.887. The van der Waals surface area contributed by atoms with Gasteiger partial charge in [-0.2, -0.15) is 0 Å². The average molecular weight is 317 g/mol. The first-order chi connectivity index (χ1) is 11.0. The van der Waals surface area contributed by atoms with Gasteiger partial charge in [-0.25, -0.2) is 4.79 Å². The van der Waals surface area contributed by atoms with Crippen LogP contribution in [-0.4, -0.2) is 35.0 Å². The predicted molar refractivity (Wildman–Crippen MR) is 85.4 cm³/mol. The van der Waals surface area contributed by atoms with Crippen LogP contribution in [0, 0.1) is 23.2 Å². The number of nitrogens with one attached hydrogen (secondary N) is 1. The van der Waals surface area contributed by atoms with Crippen molar-refractivity contribution >= 4 is 11.9 Å². The summed E-state index contributed by atoms with van der Waals surface area (Å²) in [6.07, 6.45) is 9.93. The van der Waals surface area contributed by atoms with E-state index in [1.807, 2.05) is 0 Å². The molecule has 1 saturated heterocycles. The number of rotatable bonds is 2. The molecule has 1 spiro atoms. The largest absolute Gasteiger partial charge is 0.369 e. The molecule has 5 aliphatic carbocycles. The van der Waals surface area contributed by atoms with Gasteiger partial charge in [0.25, 0.3) is 0 Å². The van der Waals surface area contributed by atoms with Crippen LogP contribution in [0.1, 0.15) is 57.8 Å². The predicted octanol–water partition coefficient (Wildman–Crippen LogP) is 2.00. The third kappa shape index (κ3) is 1.85. The molecule has 2 atom stereocenters. The monoisotopic (exact) mass is 317 g/mol. The number of carbonyl (C=O) groups is 2. The van der Waals surface area contributed by atoms with Crippen molar-refractivity contribution in [1.29, 1.82) is 0 Å². The first kappa shape index (κ1) is 14.1. The second-order valence-electron chi connectivity index (χ2n) is 9.15. The first-order valence-corrected chi connectivity index (χ1v) is 9.39. The molecule has 2 unspecified atom stereocenters. The maximum absolute atomic E-state index is 12.7. The summed E-state index contributed by atoms with van der Waals surface area (Å²) >= 11 is 0. The van der Waals surface area contributed by atoms with Gasteiger partial charge in [-0.15, -0.1) is 0 Å². The molecule has 3 amide bonds. The number of nitrogens with zero attached hydrogens (tertiary/aromatic N) is 1. The molecule has 6 aliphatic rings. The minimum atomic E-state index is -0.256. The molecular weight excluding hydrogens is 290 g/mol. The Morgan fingerprint density at radius 2 is 1.78 bits per heavy atom. The van der Waals surface area contributed by atoms with Crippen molar-refractivity contribution in [3.63, 3.8) is 0 Å². The van der Waals surface area contributed by atoms with Gasteiger partial charge in [0.05, 0.1) is 5.54 Å². The maximum atomic E-state index is 12.7. The lowest BCUT2D eigenvalue weighted by molar-refractivity contribution is -0.150. The molecular formula is C18H27N3O2. The van der Waals surface area contributed by atoms with Gasteiger partial charge in [0.2, 0.25) is 5.91 Å². The van der Waals surface area contributed by atoms with Crippen molar-refractivity contribution in [1.82, 2.24) is 10.2 Å². The molecule has 6 rings (SSSR count). The lowest BCUT2D eigenvalue weighted by atomic mass is 9.47. The Morgan fingerprint density at radius 3 is 2.39 bits per heavy atom. The van der Waals surface area contributed by atoms with E-state index in [9.17, 15) is 9.59 Å². The SMILES string of the molecule is NC(=O)C12CC3CC(C1)C(N1CC4(CCCC4)NC1=O)C(C3)C2. The van der Waals surface area contributed by atoms with Gasteiger partial charge < -0.3 is 16.0 Å². The van der Waals surface area contributed by atoms with Crippen LogP contribution in [0.15, 0.2) is 0 Å². The van der Waals surface area contributed by atoms with E-state index in [2.05, 4.69) is 10.2 Å². The molecule has 5 nitrogen and oxygen atoms in total. The second kappa shape index (κ2) is 4.42. The zero-order chi connectivity index (χ0) is 15.8. The summed E-state index contributed by atoms with van der Waals surface area (Å²) in [6, 6.07) is 0.497. The second-order valence-corrected chi connectivity index (χ2v) is 9.15. The zero-order valence-corrected chi connectivity index (χ0v) is 13.7. The summed E-state index contributed by atoms with van der Waals surface area (Å²) in [7, 11) is 0. The van der Waals surface area contributed by atoms with Gasteiger partial charge >= 0.3 is 6.03 Å². The van der Waals surface area contributed by atoms with E-state index in [4.69, 9.17) is 5.73 Å². The Balaban J connectivity index is 1.43. The third-order valence-corrected chi connectivity index (χ3v) is 7.77. The average Bonchev–Trinajstić information content (AvgIpc) is 3.05. The molecule has 3 N–H and O–H groups in total. The van der Waals surface area contributed by atoms with Crippen molar-refractivity contribution in [3.8, 4) is 0 Å². The van der Waals surface area contributed by atoms with E-state index in [0.29, 0.717) is 23.8 Å². The highest BCUT2D eigenvalue weighted by atomic mass is 16.2. The molecule has 5 heteroatoms. The van der Waals surface area contributed by atoms with Crippen LogP contribution in [0.2, 0.25) is 0 Å². The first-order valence-electron chi connectivity index (χ1n) is 9.39. The smallest absolute Gasteiger partial charge is 0.318 e. The van der Waals surface area contributed by atoms with Crippen LogP contribution >= 0.6 is 0 Å². The Morgan fingerprint density at radius 1 is 1.13 bits per heavy atom. The lowest BCUT2D eigenvalue weighted by Crippen LogP contribution is -2.62. The Bertz CT molecular complexity index is 553. The fourth-order valence-electron chi connectivity index (χ4n) is 7.12. The lowest BCUT2D eigenvalue weighted by Gasteiger charge is -2.60. The molecule has 0 aromatic rings. The Labute approximate surface area is 137 Å². The maximum Gasteiger partial charge on any atom is 0.318 e. The van der Waals surface area contributed by atoms with Gasteiger partial charge in [0.15, 0.2) is 0 Å². The van der Waals surface area contributed by atoms with Gasteiger partial charge in [0.1, 0.15) is 0 Å². The van der Waals surface area contributed by atoms with Gasteiger partial charge in [-0.05, 0) is 62.7 Å². The highest BCUT2D eigenvalue weighted by Gasteiger charge is 2.61. The van der Waals surface area contributed by atoms with Crippen LogP contribution in [0.25, 0.3) is 0 Å². The van der Waals surface area contributed by atoms with Crippen molar-refractivity contribution in [3.05, 3.63) is 0 Å². The van der Waals surface area contributed by atoms with Gasteiger partial charge in [-0.1, -0.05) is 12.8 Å². The number of primary amides is 1. The molecule has 5 saturated carbocycles. The van der Waals surface area contributed by atoms with E-state index >= 15 is 0 Å². The quantitative estimate of drug-likeness (QED) is 0.817. The molecule has 1 heterocycles. The Hall–Kier alpha value is -1.26. The molecule has 0 aromatic carbocycles. The van der Waals surface area contributed by atoms with Crippen molar-refractivity contribution in [2.24, 2.45) is 28.9 Å². The number of amides is 3. The van der Waals surface area contributed by atoms with Crippen LogP contribution in [0.3, 0.4) is 0 Å². The van der Waals surface area contributed by atoms with Crippen LogP contribution in [0.5, 0.6) is 0 Å². The van der Waals surface area contributed by atoms with E-state index in [1.165, 1.54) is 25.7 Å². The van der Waals surface area contributed by atoms with E-state index in [0.717, 1.165) is 38.6 Å². The van der Waals surface area contributed by atoms with Crippen LogP contribution in [0.4, 0.5) is 4.79 Å². The summed E-state index contributed by atoms with van der Waals surface area (Å²) in [5.74, 6) is 1.53. The summed E-state index contributed by atoms with van der Waals surface area (Å²) in [5, 5.41) is 3.32. The topological polar surface area (TPSA) is 75.4 Å². The van der Waals surface area contributed by atoms with E-state index < -0.39 is 0 Å². The third-order valence-electron chi connectivity index (χ3n) is 7.77.